The maximum Gasteiger partial charge on any atom is 0.130 e. The topological polar surface area (TPSA) is 17.1 Å². The summed E-state index contributed by atoms with van der Waals surface area (Å²) in [7, 11) is 0. The number of rotatable bonds is 9. The van der Waals surface area contributed by atoms with Crippen LogP contribution in [-0.4, -0.2) is 5.78 Å². The van der Waals surface area contributed by atoms with Crippen LogP contribution in [0.4, 0.5) is 0 Å². The lowest BCUT2D eigenvalue weighted by atomic mass is 10.1. The Bertz CT molecular complexity index is 352. The van der Waals surface area contributed by atoms with Gasteiger partial charge in [0, 0.05) is 6.42 Å². The van der Waals surface area contributed by atoms with E-state index < -0.39 is 0 Å². The Balaban J connectivity index is 3.86. The number of hydrogen-bond donors (Lipinski definition) is 0. The number of carbonyl (C=O) groups excluding carboxylic acids is 1. The number of Topliss-reactive ketones (excluding diaryl/α,β-unsaturated/α-hetero) is 1. The summed E-state index contributed by atoms with van der Waals surface area (Å²) in [5, 5.41) is 0. The van der Waals surface area contributed by atoms with Crippen molar-refractivity contribution in [1.29, 1.82) is 0 Å². The molecule has 0 aromatic carbocycles. The molecule has 0 heterocycles. The first kappa shape index (κ1) is 17.9. The molecule has 0 atom stereocenters. The van der Waals surface area contributed by atoms with Crippen LogP contribution in [0, 0.1) is 0 Å². The molecule has 0 saturated heterocycles. The second kappa shape index (κ2) is 10.8. The SMILES string of the molecule is CC(=O)CC/C=C(\C)CC/C=C(/C)CCC=C(C)C. The number of ketones is 1. The van der Waals surface area contributed by atoms with E-state index in [9.17, 15) is 4.79 Å². The van der Waals surface area contributed by atoms with Crippen LogP contribution in [0.5, 0.6) is 0 Å². The zero-order chi connectivity index (χ0) is 14.7. The first-order valence-corrected chi connectivity index (χ1v) is 7.36. The van der Waals surface area contributed by atoms with Gasteiger partial charge in [0.1, 0.15) is 5.78 Å². The maximum atomic E-state index is 10.8. The third-order valence-electron chi connectivity index (χ3n) is 3.11. The van der Waals surface area contributed by atoms with Gasteiger partial charge in [0.25, 0.3) is 0 Å². The average molecular weight is 262 g/mol. The van der Waals surface area contributed by atoms with Crippen LogP contribution in [0.2, 0.25) is 0 Å². The first-order valence-electron chi connectivity index (χ1n) is 7.36. The lowest BCUT2D eigenvalue weighted by Crippen LogP contribution is -1.87. The minimum Gasteiger partial charge on any atom is -0.300 e. The van der Waals surface area contributed by atoms with Crippen LogP contribution in [0.1, 0.15) is 73.1 Å². The predicted octanol–water partition coefficient (Wildman–Crippen LogP) is 5.77. The molecule has 0 fully saturated rings. The van der Waals surface area contributed by atoms with Gasteiger partial charge >= 0.3 is 0 Å². The number of allylic oxidation sites excluding steroid dienone is 6. The molecule has 0 aromatic rings. The highest BCUT2D eigenvalue weighted by atomic mass is 16.1. The van der Waals surface area contributed by atoms with Crippen molar-refractivity contribution in [3.63, 3.8) is 0 Å². The van der Waals surface area contributed by atoms with Gasteiger partial charge in [-0.2, -0.15) is 0 Å². The van der Waals surface area contributed by atoms with Crippen LogP contribution in [-0.2, 0) is 4.79 Å². The molecule has 0 aromatic heterocycles. The second-order valence-corrected chi connectivity index (χ2v) is 5.70. The summed E-state index contributed by atoms with van der Waals surface area (Å²) < 4.78 is 0. The smallest absolute Gasteiger partial charge is 0.130 e. The molecule has 0 bridgehead atoms. The first-order chi connectivity index (χ1) is 8.91. The third kappa shape index (κ3) is 13.1. The minimum atomic E-state index is 0.277. The van der Waals surface area contributed by atoms with Gasteiger partial charge in [-0.25, -0.2) is 0 Å². The van der Waals surface area contributed by atoms with Gasteiger partial charge in [-0.15, -0.1) is 0 Å². The Hall–Kier alpha value is -1.11. The van der Waals surface area contributed by atoms with Gasteiger partial charge in [0.15, 0.2) is 0 Å². The van der Waals surface area contributed by atoms with Crippen LogP contribution in [0.3, 0.4) is 0 Å². The normalized spacial score (nSPS) is 12.5. The van der Waals surface area contributed by atoms with E-state index in [2.05, 4.69) is 45.9 Å². The fourth-order valence-corrected chi connectivity index (χ4v) is 1.86. The summed E-state index contributed by atoms with van der Waals surface area (Å²) in [6.07, 6.45) is 13.0. The molecule has 0 unspecified atom stereocenters. The van der Waals surface area contributed by atoms with E-state index in [1.807, 2.05) is 0 Å². The Kier molecular flexibility index (Phi) is 10.1. The molecule has 0 radical (unpaired) electrons. The molecule has 19 heavy (non-hydrogen) atoms. The second-order valence-electron chi connectivity index (χ2n) is 5.70. The van der Waals surface area contributed by atoms with Crippen molar-refractivity contribution < 1.29 is 4.79 Å². The molecule has 0 saturated carbocycles. The maximum absolute atomic E-state index is 10.8. The largest absolute Gasteiger partial charge is 0.300 e. The monoisotopic (exact) mass is 262 g/mol. The van der Waals surface area contributed by atoms with Gasteiger partial charge in [-0.05, 0) is 66.7 Å². The average Bonchev–Trinajstić information content (AvgIpc) is 2.27. The molecule has 0 rings (SSSR count). The van der Waals surface area contributed by atoms with Crippen molar-refractivity contribution in [2.75, 3.05) is 0 Å². The van der Waals surface area contributed by atoms with Crippen molar-refractivity contribution in [3.05, 3.63) is 34.9 Å². The lowest BCUT2D eigenvalue weighted by molar-refractivity contribution is -0.116. The quantitative estimate of drug-likeness (QED) is 0.482. The highest BCUT2D eigenvalue weighted by Gasteiger charge is 1.93. The van der Waals surface area contributed by atoms with E-state index in [-0.39, 0.29) is 5.78 Å². The Morgan fingerprint density at radius 1 is 0.684 bits per heavy atom. The van der Waals surface area contributed by atoms with E-state index in [0.717, 1.165) is 32.1 Å². The molecule has 1 nitrogen and oxygen atoms in total. The summed E-state index contributed by atoms with van der Waals surface area (Å²) in [5.41, 5.74) is 4.28. The Labute approximate surface area is 119 Å². The standard InChI is InChI=1S/C18H30O/c1-15(2)9-6-10-16(3)11-7-12-17(4)13-8-14-18(5)19/h9,11,13H,6-8,10,12,14H2,1-5H3/b16-11-,17-13+. The zero-order valence-corrected chi connectivity index (χ0v) is 13.4. The molecule has 0 aliphatic carbocycles. The van der Waals surface area contributed by atoms with Crippen molar-refractivity contribution in [2.24, 2.45) is 0 Å². The molecule has 1 heteroatoms. The van der Waals surface area contributed by atoms with Crippen molar-refractivity contribution in [1.82, 2.24) is 0 Å². The van der Waals surface area contributed by atoms with Crippen LogP contribution in [0.25, 0.3) is 0 Å². The van der Waals surface area contributed by atoms with E-state index in [4.69, 9.17) is 0 Å². The summed E-state index contributed by atoms with van der Waals surface area (Å²) in [6, 6.07) is 0. The van der Waals surface area contributed by atoms with Crippen LogP contribution in [0.15, 0.2) is 34.9 Å². The summed E-state index contributed by atoms with van der Waals surface area (Å²) in [5.74, 6) is 0.277. The van der Waals surface area contributed by atoms with E-state index in [1.165, 1.54) is 16.7 Å². The summed E-state index contributed by atoms with van der Waals surface area (Å²) >= 11 is 0. The molecule has 0 N–H and O–H groups in total. The molecular formula is C18H30O. The molecule has 0 spiro atoms. The highest BCUT2D eigenvalue weighted by molar-refractivity contribution is 5.75. The molecule has 108 valence electrons. The van der Waals surface area contributed by atoms with Crippen LogP contribution >= 0.6 is 0 Å². The molecule has 0 aliphatic heterocycles. The third-order valence-corrected chi connectivity index (χ3v) is 3.11. The lowest BCUT2D eigenvalue weighted by Gasteiger charge is -2.01. The van der Waals surface area contributed by atoms with E-state index in [0.29, 0.717) is 6.42 Å². The number of carbonyl (C=O) groups is 1. The van der Waals surface area contributed by atoms with Crippen molar-refractivity contribution in [2.45, 2.75) is 73.1 Å². The van der Waals surface area contributed by atoms with E-state index >= 15 is 0 Å². The Morgan fingerprint density at radius 2 is 1.11 bits per heavy atom. The fourth-order valence-electron chi connectivity index (χ4n) is 1.86. The van der Waals surface area contributed by atoms with E-state index in [1.54, 1.807) is 6.92 Å². The Morgan fingerprint density at radius 3 is 1.53 bits per heavy atom. The van der Waals surface area contributed by atoms with Crippen molar-refractivity contribution in [3.8, 4) is 0 Å². The fraction of sp³-hybridized carbons (Fsp3) is 0.611. The van der Waals surface area contributed by atoms with Gasteiger partial charge in [-0.3, -0.25) is 0 Å². The minimum absolute atomic E-state index is 0.277. The van der Waals surface area contributed by atoms with Crippen LogP contribution < -0.4 is 0 Å². The van der Waals surface area contributed by atoms with Gasteiger partial charge in [0.05, 0.1) is 0 Å². The summed E-state index contributed by atoms with van der Waals surface area (Å²) in [4.78, 5) is 10.8. The van der Waals surface area contributed by atoms with Gasteiger partial charge < -0.3 is 4.79 Å². The van der Waals surface area contributed by atoms with Gasteiger partial charge in [-0.1, -0.05) is 34.9 Å². The number of hydrogen-bond acceptors (Lipinski definition) is 1. The zero-order valence-electron chi connectivity index (χ0n) is 13.4. The summed E-state index contributed by atoms with van der Waals surface area (Å²) in [6.45, 7) is 10.3. The molecule has 0 aliphatic rings. The van der Waals surface area contributed by atoms with Crippen molar-refractivity contribution >= 4 is 5.78 Å². The highest BCUT2D eigenvalue weighted by Crippen LogP contribution is 2.12. The molecule has 0 amide bonds. The predicted molar refractivity (Wildman–Crippen MR) is 85.3 cm³/mol. The molecular weight excluding hydrogens is 232 g/mol. The van der Waals surface area contributed by atoms with Gasteiger partial charge in [0.2, 0.25) is 0 Å².